The van der Waals surface area contributed by atoms with Gasteiger partial charge in [0.1, 0.15) is 17.3 Å². The highest BCUT2D eigenvalue weighted by Crippen LogP contribution is 2.30. The Labute approximate surface area is 141 Å². The molecule has 0 atom stereocenters. The van der Waals surface area contributed by atoms with E-state index in [-0.39, 0.29) is 0 Å². The van der Waals surface area contributed by atoms with Gasteiger partial charge >= 0.3 is 5.51 Å². The summed E-state index contributed by atoms with van der Waals surface area (Å²) in [5, 5.41) is 12.0. The number of phenols is 1. The summed E-state index contributed by atoms with van der Waals surface area (Å²) in [7, 11) is -5.79. The van der Waals surface area contributed by atoms with Gasteiger partial charge in [-0.2, -0.15) is 13.2 Å². The number of rotatable bonds is 3. The van der Waals surface area contributed by atoms with Crippen LogP contribution >= 0.6 is 0 Å². The lowest BCUT2D eigenvalue weighted by Gasteiger charge is -2.08. The van der Waals surface area contributed by atoms with Gasteiger partial charge in [-0.05, 0) is 32.0 Å². The first-order valence-corrected chi connectivity index (χ1v) is 9.90. The molecule has 0 aliphatic carbocycles. The second-order valence-electron chi connectivity index (χ2n) is 4.60. The third-order valence-electron chi connectivity index (χ3n) is 3.15. The van der Waals surface area contributed by atoms with Gasteiger partial charge in [0.25, 0.3) is 0 Å². The summed E-state index contributed by atoms with van der Waals surface area (Å²) in [5.41, 5.74) is -5.65. The standard InChI is InChI=1S/C14H16OS.CHF3O3S/c1-3-16(4-2)14-10-6-7-11-12(14)8-5-9-13(11)15;2-1(3,4)8(5,6)7/h5-10H,3-4H2,1-2H3;(H,5,6,7). The third kappa shape index (κ3) is 5.02. The summed E-state index contributed by atoms with van der Waals surface area (Å²) in [4.78, 5) is 1.39. The first kappa shape index (κ1) is 20.6. The van der Waals surface area contributed by atoms with E-state index in [0.717, 1.165) is 5.39 Å². The van der Waals surface area contributed by atoms with Gasteiger partial charge in [-0.25, -0.2) is 8.42 Å². The topological polar surface area (TPSA) is 77.4 Å². The maximum atomic E-state index is 10.7. The predicted molar refractivity (Wildman–Crippen MR) is 88.1 cm³/mol. The van der Waals surface area contributed by atoms with Gasteiger partial charge in [0.2, 0.25) is 0 Å². The van der Waals surface area contributed by atoms with Crippen LogP contribution in [0.5, 0.6) is 5.75 Å². The molecule has 0 aliphatic heterocycles. The minimum Gasteiger partial charge on any atom is -0.741 e. The molecular weight excluding hydrogens is 365 g/mol. The van der Waals surface area contributed by atoms with Crippen molar-refractivity contribution >= 4 is 31.8 Å². The SMILES string of the molecule is CC[S+](CC)c1cccc2c(O)cccc12.O=S(=O)([O-])C(F)(F)F. The van der Waals surface area contributed by atoms with Crippen molar-refractivity contribution in [2.45, 2.75) is 24.3 Å². The minimum absolute atomic E-state index is 0.304. The van der Waals surface area contributed by atoms with Crippen LogP contribution in [0.3, 0.4) is 0 Å². The number of hydrogen-bond donors (Lipinski definition) is 1. The van der Waals surface area contributed by atoms with Crippen LogP contribution in [0.2, 0.25) is 0 Å². The predicted octanol–water partition coefficient (Wildman–Crippen LogP) is 3.61. The molecule has 0 saturated heterocycles. The Morgan fingerprint density at radius 2 is 1.50 bits per heavy atom. The van der Waals surface area contributed by atoms with Gasteiger partial charge in [-0.3, -0.25) is 0 Å². The van der Waals surface area contributed by atoms with Crippen LogP contribution in [0.1, 0.15) is 13.8 Å². The van der Waals surface area contributed by atoms with Crippen LogP contribution < -0.4 is 0 Å². The molecule has 2 aromatic carbocycles. The Kier molecular flexibility index (Phi) is 6.94. The fraction of sp³-hybridized carbons (Fsp3) is 0.333. The number of benzene rings is 2. The molecule has 2 rings (SSSR count). The minimum atomic E-state index is -6.09. The van der Waals surface area contributed by atoms with E-state index in [2.05, 4.69) is 26.0 Å². The van der Waals surface area contributed by atoms with Gasteiger partial charge in [-0.1, -0.05) is 18.2 Å². The van der Waals surface area contributed by atoms with Crippen molar-refractivity contribution in [1.82, 2.24) is 0 Å². The summed E-state index contributed by atoms with van der Waals surface area (Å²) in [6.07, 6.45) is 0. The molecule has 0 saturated carbocycles. The van der Waals surface area contributed by atoms with Crippen LogP contribution in [0.15, 0.2) is 41.3 Å². The summed E-state index contributed by atoms with van der Waals surface area (Å²) in [6, 6.07) is 12.0. The van der Waals surface area contributed by atoms with E-state index >= 15 is 0 Å². The van der Waals surface area contributed by atoms with E-state index in [1.165, 1.54) is 21.8 Å². The molecular formula is C15H17F3O4S2. The van der Waals surface area contributed by atoms with Crippen LogP contribution in [-0.2, 0) is 21.0 Å². The molecule has 0 radical (unpaired) electrons. The Morgan fingerprint density at radius 1 is 1.04 bits per heavy atom. The highest BCUT2D eigenvalue weighted by atomic mass is 32.2. The van der Waals surface area contributed by atoms with E-state index in [1.54, 1.807) is 6.07 Å². The second-order valence-corrected chi connectivity index (χ2v) is 8.55. The molecule has 0 unspecified atom stereocenters. The van der Waals surface area contributed by atoms with Crippen LogP contribution in [0, 0.1) is 0 Å². The molecule has 24 heavy (non-hydrogen) atoms. The Bertz CT molecular complexity index is 785. The van der Waals surface area contributed by atoms with Gasteiger partial charge in [0.15, 0.2) is 15.0 Å². The average Bonchev–Trinajstić information content (AvgIpc) is 2.48. The Morgan fingerprint density at radius 3 is 1.96 bits per heavy atom. The number of alkyl halides is 3. The molecule has 0 aromatic heterocycles. The molecule has 1 N–H and O–H groups in total. The number of fused-ring (bicyclic) bond motifs is 1. The van der Waals surface area contributed by atoms with Crippen molar-refractivity contribution in [2.75, 3.05) is 11.5 Å². The van der Waals surface area contributed by atoms with E-state index in [1.807, 2.05) is 18.2 Å². The van der Waals surface area contributed by atoms with Crippen molar-refractivity contribution in [1.29, 1.82) is 0 Å². The molecule has 0 bridgehead atoms. The molecule has 134 valence electrons. The summed E-state index contributed by atoms with van der Waals surface area (Å²) in [5.74, 6) is 2.73. The summed E-state index contributed by atoms with van der Waals surface area (Å²) >= 11 is 0. The van der Waals surface area contributed by atoms with Crippen molar-refractivity contribution < 1.29 is 31.2 Å². The van der Waals surface area contributed by atoms with Crippen LogP contribution in [-0.4, -0.2) is 35.1 Å². The monoisotopic (exact) mass is 382 g/mol. The van der Waals surface area contributed by atoms with Crippen molar-refractivity contribution in [2.24, 2.45) is 0 Å². The molecule has 0 aliphatic rings. The molecule has 2 aromatic rings. The van der Waals surface area contributed by atoms with Crippen molar-refractivity contribution in [3.63, 3.8) is 0 Å². The first-order chi connectivity index (χ1) is 11.0. The summed E-state index contributed by atoms with van der Waals surface area (Å²) < 4.78 is 58.9. The second kappa shape index (κ2) is 8.09. The molecule has 9 heteroatoms. The maximum absolute atomic E-state index is 10.7. The fourth-order valence-corrected chi connectivity index (χ4v) is 3.82. The zero-order valence-electron chi connectivity index (χ0n) is 13.0. The van der Waals surface area contributed by atoms with E-state index < -0.39 is 15.6 Å². The first-order valence-electron chi connectivity index (χ1n) is 6.93. The molecule has 4 nitrogen and oxygen atoms in total. The largest absolute Gasteiger partial charge is 0.741 e. The quantitative estimate of drug-likeness (QED) is 0.500. The van der Waals surface area contributed by atoms with Gasteiger partial charge in [-0.15, -0.1) is 0 Å². The normalized spacial score (nSPS) is 12.1. The number of aromatic hydroxyl groups is 1. The van der Waals surface area contributed by atoms with Crippen LogP contribution in [0.4, 0.5) is 13.2 Å². The van der Waals surface area contributed by atoms with E-state index in [9.17, 15) is 18.3 Å². The molecule has 0 fully saturated rings. The smallest absolute Gasteiger partial charge is 0.485 e. The van der Waals surface area contributed by atoms with Gasteiger partial charge < -0.3 is 9.66 Å². The Balaban J connectivity index is 0.000000307. The number of halogens is 3. The van der Waals surface area contributed by atoms with Crippen LogP contribution in [0.25, 0.3) is 10.8 Å². The van der Waals surface area contributed by atoms with Gasteiger partial charge in [0.05, 0.1) is 0 Å². The molecule has 0 spiro atoms. The van der Waals surface area contributed by atoms with Crippen molar-refractivity contribution in [3.8, 4) is 5.75 Å². The zero-order valence-corrected chi connectivity index (χ0v) is 14.6. The third-order valence-corrected chi connectivity index (χ3v) is 6.09. The highest BCUT2D eigenvalue weighted by Gasteiger charge is 2.36. The number of phenolic OH excluding ortho intramolecular Hbond substituents is 1. The highest BCUT2D eigenvalue weighted by molar-refractivity contribution is 7.97. The van der Waals surface area contributed by atoms with E-state index in [4.69, 9.17) is 13.0 Å². The molecule has 0 amide bonds. The van der Waals surface area contributed by atoms with Crippen molar-refractivity contribution in [3.05, 3.63) is 36.4 Å². The average molecular weight is 382 g/mol. The zero-order chi connectivity index (χ0) is 18.5. The number of hydrogen-bond acceptors (Lipinski definition) is 4. The maximum Gasteiger partial charge on any atom is 0.485 e. The molecule has 0 heterocycles. The van der Waals surface area contributed by atoms with E-state index in [0.29, 0.717) is 16.6 Å². The van der Waals surface area contributed by atoms with Gasteiger partial charge in [0, 0.05) is 21.7 Å². The lowest BCUT2D eigenvalue weighted by Crippen LogP contribution is -2.21. The lowest BCUT2D eigenvalue weighted by atomic mass is 10.1. The summed E-state index contributed by atoms with van der Waals surface area (Å²) in [6.45, 7) is 4.46. The Hall–Kier alpha value is -1.45. The fourth-order valence-electron chi connectivity index (χ4n) is 2.03. The lowest BCUT2D eigenvalue weighted by molar-refractivity contribution is -0.0517.